The maximum Gasteiger partial charge on any atom is 0.410 e. The Morgan fingerprint density at radius 1 is 1.17 bits per heavy atom. The van der Waals surface area contributed by atoms with Crippen LogP contribution >= 0.6 is 0 Å². The Morgan fingerprint density at radius 2 is 1.91 bits per heavy atom. The molecule has 1 aliphatic rings. The summed E-state index contributed by atoms with van der Waals surface area (Å²) in [6.45, 7) is 2.80. The SMILES string of the molecule is COc1ccc(COC(=O)N2CCN(C[C]=O)CC2)c(OC)c1. The van der Waals surface area contributed by atoms with Crippen LogP contribution in [0.3, 0.4) is 0 Å². The van der Waals surface area contributed by atoms with Gasteiger partial charge in [0.25, 0.3) is 0 Å². The van der Waals surface area contributed by atoms with Crippen molar-refractivity contribution in [1.29, 1.82) is 0 Å². The lowest BCUT2D eigenvalue weighted by atomic mass is 10.2. The largest absolute Gasteiger partial charge is 0.497 e. The molecule has 23 heavy (non-hydrogen) atoms. The van der Waals surface area contributed by atoms with E-state index < -0.39 is 0 Å². The molecule has 1 aliphatic heterocycles. The van der Waals surface area contributed by atoms with Crippen molar-refractivity contribution >= 4 is 12.4 Å². The van der Waals surface area contributed by atoms with Gasteiger partial charge in [-0.1, -0.05) is 0 Å². The van der Waals surface area contributed by atoms with Crippen LogP contribution in [-0.4, -0.2) is 69.1 Å². The molecule has 7 heteroatoms. The lowest BCUT2D eigenvalue weighted by molar-refractivity contribution is 0.0743. The summed E-state index contributed by atoms with van der Waals surface area (Å²) in [5, 5.41) is 0. The summed E-state index contributed by atoms with van der Waals surface area (Å²) >= 11 is 0. The Balaban J connectivity index is 1.86. The van der Waals surface area contributed by atoms with Gasteiger partial charge in [-0.05, 0) is 12.1 Å². The third-order valence-electron chi connectivity index (χ3n) is 3.76. The van der Waals surface area contributed by atoms with Crippen LogP contribution in [0.1, 0.15) is 5.56 Å². The number of rotatable bonds is 6. The Labute approximate surface area is 135 Å². The van der Waals surface area contributed by atoms with E-state index in [-0.39, 0.29) is 19.2 Å². The molecule has 0 aliphatic carbocycles. The van der Waals surface area contributed by atoms with Gasteiger partial charge in [-0.2, -0.15) is 0 Å². The Hall–Kier alpha value is -2.28. The van der Waals surface area contributed by atoms with Crippen LogP contribution < -0.4 is 9.47 Å². The number of hydrogen-bond donors (Lipinski definition) is 0. The van der Waals surface area contributed by atoms with Crippen molar-refractivity contribution in [2.45, 2.75) is 6.61 Å². The first-order valence-electron chi connectivity index (χ1n) is 7.38. The zero-order valence-electron chi connectivity index (χ0n) is 13.4. The first kappa shape index (κ1) is 17.1. The highest BCUT2D eigenvalue weighted by Gasteiger charge is 2.22. The van der Waals surface area contributed by atoms with Gasteiger partial charge in [0, 0.05) is 37.8 Å². The molecule has 0 saturated carbocycles. The van der Waals surface area contributed by atoms with Crippen LogP contribution in [0, 0.1) is 0 Å². The van der Waals surface area contributed by atoms with Gasteiger partial charge in [-0.3, -0.25) is 9.69 Å². The average molecular weight is 321 g/mol. The van der Waals surface area contributed by atoms with Gasteiger partial charge in [0.05, 0.1) is 20.8 Å². The number of piperazine rings is 1. The fraction of sp³-hybridized carbons (Fsp3) is 0.500. The van der Waals surface area contributed by atoms with E-state index in [1.165, 1.54) is 0 Å². The number of nitrogens with zero attached hydrogens (tertiary/aromatic N) is 2. The van der Waals surface area contributed by atoms with Crippen molar-refractivity contribution in [2.24, 2.45) is 0 Å². The second-order valence-corrected chi connectivity index (χ2v) is 5.14. The quantitative estimate of drug-likeness (QED) is 0.781. The summed E-state index contributed by atoms with van der Waals surface area (Å²) < 4.78 is 15.8. The number of carbonyl (C=O) groups is 1. The van der Waals surface area contributed by atoms with Crippen LogP contribution in [0.5, 0.6) is 11.5 Å². The van der Waals surface area contributed by atoms with Gasteiger partial charge < -0.3 is 19.1 Å². The molecule has 1 heterocycles. The lowest BCUT2D eigenvalue weighted by Gasteiger charge is -2.32. The van der Waals surface area contributed by atoms with E-state index in [9.17, 15) is 9.59 Å². The van der Waals surface area contributed by atoms with Crippen LogP contribution in [0.15, 0.2) is 18.2 Å². The van der Waals surface area contributed by atoms with Crippen molar-refractivity contribution in [3.8, 4) is 11.5 Å². The van der Waals surface area contributed by atoms with E-state index in [1.54, 1.807) is 31.3 Å². The Bertz CT molecular complexity index is 541. The summed E-state index contributed by atoms with van der Waals surface area (Å²) in [5.74, 6) is 1.29. The molecule has 0 unspecified atom stereocenters. The second kappa shape index (κ2) is 8.38. The summed E-state index contributed by atoms with van der Waals surface area (Å²) in [6, 6.07) is 5.35. The van der Waals surface area contributed by atoms with Crippen molar-refractivity contribution < 1.29 is 23.8 Å². The number of ether oxygens (including phenoxy) is 3. The summed E-state index contributed by atoms with van der Waals surface area (Å²) in [6.07, 6.45) is 1.50. The maximum atomic E-state index is 12.1. The van der Waals surface area contributed by atoms with Gasteiger partial charge >= 0.3 is 6.09 Å². The van der Waals surface area contributed by atoms with Crippen LogP contribution in [0.4, 0.5) is 4.79 Å². The van der Waals surface area contributed by atoms with Crippen LogP contribution in [0.2, 0.25) is 0 Å². The molecule has 0 aromatic heterocycles. The monoisotopic (exact) mass is 321 g/mol. The first-order valence-corrected chi connectivity index (χ1v) is 7.38. The van der Waals surface area contributed by atoms with Gasteiger partial charge in [0.15, 0.2) is 0 Å². The molecular formula is C16H21N2O5. The number of methoxy groups -OCH3 is 2. The molecule has 1 saturated heterocycles. The third kappa shape index (κ3) is 4.59. The normalized spacial score (nSPS) is 15.1. The molecule has 0 N–H and O–H groups in total. The minimum atomic E-state index is -0.363. The second-order valence-electron chi connectivity index (χ2n) is 5.14. The maximum absolute atomic E-state index is 12.1. The molecule has 0 spiro atoms. The van der Waals surface area contributed by atoms with Gasteiger partial charge in [0.1, 0.15) is 18.1 Å². The highest BCUT2D eigenvalue weighted by Crippen LogP contribution is 2.25. The number of hydrogen-bond acceptors (Lipinski definition) is 6. The van der Waals surface area contributed by atoms with Crippen molar-refractivity contribution in [3.05, 3.63) is 23.8 Å². The molecule has 0 bridgehead atoms. The van der Waals surface area contributed by atoms with Gasteiger partial charge in [0.2, 0.25) is 6.29 Å². The molecule has 1 amide bonds. The van der Waals surface area contributed by atoms with E-state index in [4.69, 9.17) is 14.2 Å². The van der Waals surface area contributed by atoms with E-state index in [0.29, 0.717) is 37.7 Å². The fourth-order valence-electron chi connectivity index (χ4n) is 2.38. The molecule has 7 nitrogen and oxygen atoms in total. The molecule has 1 fully saturated rings. The van der Waals surface area contributed by atoms with Crippen molar-refractivity contribution in [3.63, 3.8) is 0 Å². The Kier molecular flexibility index (Phi) is 6.22. The van der Waals surface area contributed by atoms with E-state index in [2.05, 4.69) is 0 Å². The van der Waals surface area contributed by atoms with Gasteiger partial charge in [-0.25, -0.2) is 4.79 Å². The van der Waals surface area contributed by atoms with Crippen LogP contribution in [-0.2, 0) is 16.1 Å². The van der Waals surface area contributed by atoms with E-state index in [0.717, 1.165) is 5.56 Å². The van der Waals surface area contributed by atoms with Crippen molar-refractivity contribution in [2.75, 3.05) is 46.9 Å². The minimum absolute atomic E-state index is 0.133. The fourth-order valence-corrected chi connectivity index (χ4v) is 2.38. The predicted octanol–water partition coefficient (Wildman–Crippen LogP) is 1.07. The molecule has 1 radical (unpaired) electrons. The first-order chi connectivity index (χ1) is 11.2. The zero-order chi connectivity index (χ0) is 16.7. The molecular weight excluding hydrogens is 300 g/mol. The highest BCUT2D eigenvalue weighted by atomic mass is 16.6. The zero-order valence-corrected chi connectivity index (χ0v) is 13.4. The standard InChI is InChI=1S/C16H21N2O5/c1-21-14-4-3-13(15(11-14)22-2)12-23-16(20)18-7-5-17(6-8-18)9-10-19/h3-4,11H,5-9,12H2,1-2H3. The minimum Gasteiger partial charge on any atom is -0.497 e. The van der Waals surface area contributed by atoms with Crippen molar-refractivity contribution in [1.82, 2.24) is 9.80 Å². The third-order valence-corrected chi connectivity index (χ3v) is 3.76. The molecule has 1 aromatic rings. The van der Waals surface area contributed by atoms with E-state index in [1.807, 2.05) is 17.3 Å². The summed E-state index contributed by atoms with van der Waals surface area (Å²) in [4.78, 5) is 26.0. The molecule has 0 atom stereocenters. The smallest absolute Gasteiger partial charge is 0.410 e. The number of amides is 1. The highest BCUT2D eigenvalue weighted by molar-refractivity contribution is 5.68. The average Bonchev–Trinajstić information content (AvgIpc) is 2.60. The molecule has 1 aromatic carbocycles. The molecule has 2 rings (SSSR count). The predicted molar refractivity (Wildman–Crippen MR) is 83.4 cm³/mol. The lowest BCUT2D eigenvalue weighted by Crippen LogP contribution is -2.49. The molecule has 125 valence electrons. The summed E-state index contributed by atoms with van der Waals surface area (Å²) in [7, 11) is 3.14. The number of benzene rings is 1. The van der Waals surface area contributed by atoms with E-state index >= 15 is 0 Å². The van der Waals surface area contributed by atoms with Crippen LogP contribution in [0.25, 0.3) is 0 Å². The number of carbonyl (C=O) groups excluding carboxylic acids is 2. The topological polar surface area (TPSA) is 68.3 Å². The summed E-state index contributed by atoms with van der Waals surface area (Å²) in [5.41, 5.74) is 0.774. The van der Waals surface area contributed by atoms with Gasteiger partial charge in [-0.15, -0.1) is 0 Å². The Morgan fingerprint density at radius 3 is 2.52 bits per heavy atom.